The molecule has 1 atom stereocenters. The van der Waals surface area contributed by atoms with Gasteiger partial charge < -0.3 is 15.1 Å². The Morgan fingerprint density at radius 2 is 2.04 bits per heavy atom. The number of nitrogens with one attached hydrogen (secondary N) is 1. The largest absolute Gasteiger partial charge is 0.347 e. The maximum Gasteiger partial charge on any atom is 0.260 e. The summed E-state index contributed by atoms with van der Waals surface area (Å²) in [5.41, 5.74) is 1.68. The minimum absolute atomic E-state index is 0.0119. The summed E-state index contributed by atoms with van der Waals surface area (Å²) in [5.74, 6) is -0.0196. The number of aliphatic imine (C=N–C) groups is 1. The topological polar surface area (TPSA) is 65.0 Å². The summed E-state index contributed by atoms with van der Waals surface area (Å²) in [6, 6.07) is 9.31. The molecule has 3 heterocycles. The molecular formula is C19H22N4O2S. The maximum absolute atomic E-state index is 12.7. The molecule has 26 heavy (non-hydrogen) atoms. The van der Waals surface area contributed by atoms with Crippen LogP contribution >= 0.6 is 11.8 Å². The van der Waals surface area contributed by atoms with Crippen LogP contribution in [0.4, 0.5) is 0 Å². The number of benzene rings is 1. The van der Waals surface area contributed by atoms with Crippen molar-refractivity contribution in [3.63, 3.8) is 0 Å². The second-order valence-corrected chi connectivity index (χ2v) is 7.74. The zero-order valence-corrected chi connectivity index (χ0v) is 15.6. The van der Waals surface area contributed by atoms with Gasteiger partial charge in [-0.3, -0.25) is 14.6 Å². The van der Waals surface area contributed by atoms with Gasteiger partial charge in [-0.05, 0) is 43.7 Å². The Balaban J connectivity index is 1.39. The van der Waals surface area contributed by atoms with Crippen molar-refractivity contribution in [3.8, 4) is 0 Å². The Labute approximate surface area is 157 Å². The summed E-state index contributed by atoms with van der Waals surface area (Å²) in [4.78, 5) is 34.5. The van der Waals surface area contributed by atoms with E-state index in [-0.39, 0.29) is 17.9 Å². The van der Waals surface area contributed by atoms with E-state index in [0.29, 0.717) is 12.1 Å². The first-order chi connectivity index (χ1) is 12.6. The van der Waals surface area contributed by atoms with Gasteiger partial charge in [-0.15, -0.1) is 0 Å². The summed E-state index contributed by atoms with van der Waals surface area (Å²) in [6.07, 6.45) is 1.79. The van der Waals surface area contributed by atoms with Gasteiger partial charge in [0.05, 0.1) is 11.4 Å². The summed E-state index contributed by atoms with van der Waals surface area (Å²) in [6.45, 7) is 4.92. The predicted octanol–water partition coefficient (Wildman–Crippen LogP) is 2.06. The van der Waals surface area contributed by atoms with Gasteiger partial charge in [-0.25, -0.2) is 0 Å². The fraction of sp³-hybridized carbons (Fsp3) is 0.421. The molecule has 1 aromatic rings. The van der Waals surface area contributed by atoms with Gasteiger partial charge in [0, 0.05) is 36.9 Å². The van der Waals surface area contributed by atoms with Crippen molar-refractivity contribution in [1.82, 2.24) is 15.1 Å². The molecule has 0 spiro atoms. The van der Waals surface area contributed by atoms with Crippen molar-refractivity contribution in [2.45, 2.75) is 25.8 Å². The lowest BCUT2D eigenvalue weighted by atomic mass is 10.0. The fourth-order valence-electron chi connectivity index (χ4n) is 3.62. The first-order valence-corrected chi connectivity index (χ1v) is 9.81. The number of piperidine rings is 1. The number of thioether (sulfide) groups is 1. The highest BCUT2D eigenvalue weighted by Crippen LogP contribution is 2.36. The average Bonchev–Trinajstić information content (AvgIpc) is 3.25. The minimum atomic E-state index is -0.0522. The fourth-order valence-corrected chi connectivity index (χ4v) is 4.70. The number of amidine groups is 1. The van der Waals surface area contributed by atoms with E-state index in [4.69, 9.17) is 0 Å². The number of rotatable bonds is 3. The predicted molar refractivity (Wildman–Crippen MR) is 103 cm³/mol. The molecule has 0 radical (unpaired) electrons. The monoisotopic (exact) mass is 370 g/mol. The normalized spacial score (nSPS) is 22.3. The molecule has 0 aliphatic carbocycles. The van der Waals surface area contributed by atoms with Gasteiger partial charge in [0.1, 0.15) is 0 Å². The molecule has 1 aromatic carbocycles. The van der Waals surface area contributed by atoms with Gasteiger partial charge in [0.15, 0.2) is 5.17 Å². The molecule has 2 amide bonds. The molecule has 0 unspecified atom stereocenters. The molecule has 0 aromatic heterocycles. The molecule has 0 saturated carbocycles. The lowest BCUT2D eigenvalue weighted by Crippen LogP contribution is -2.49. The molecule has 1 N–H and O–H groups in total. The van der Waals surface area contributed by atoms with Crippen LogP contribution in [0.25, 0.3) is 0 Å². The van der Waals surface area contributed by atoms with Crippen LogP contribution in [0, 0.1) is 0 Å². The Bertz CT molecular complexity index is 790. The van der Waals surface area contributed by atoms with Crippen molar-refractivity contribution in [1.29, 1.82) is 0 Å². The van der Waals surface area contributed by atoms with E-state index in [1.165, 1.54) is 11.8 Å². The van der Waals surface area contributed by atoms with Crippen molar-refractivity contribution < 1.29 is 9.59 Å². The van der Waals surface area contributed by atoms with Crippen LogP contribution in [0.15, 0.2) is 45.9 Å². The molecule has 1 fully saturated rings. The molecule has 1 saturated heterocycles. The highest BCUT2D eigenvalue weighted by molar-refractivity contribution is 8.18. The second-order valence-electron chi connectivity index (χ2n) is 6.76. The van der Waals surface area contributed by atoms with Gasteiger partial charge in [-0.1, -0.05) is 18.2 Å². The number of carbonyl (C=O) groups excluding carboxylic acids is 2. The zero-order valence-electron chi connectivity index (χ0n) is 14.8. The highest BCUT2D eigenvalue weighted by Gasteiger charge is 2.34. The molecule has 3 aliphatic heterocycles. The molecule has 3 aliphatic rings. The van der Waals surface area contributed by atoms with Crippen LogP contribution in [0.2, 0.25) is 0 Å². The van der Waals surface area contributed by atoms with Crippen LogP contribution in [0.3, 0.4) is 0 Å². The van der Waals surface area contributed by atoms with Crippen LogP contribution in [0.1, 0.15) is 30.1 Å². The number of nitrogens with zero attached hydrogens (tertiary/aromatic N) is 3. The molecule has 0 bridgehead atoms. The van der Waals surface area contributed by atoms with E-state index in [9.17, 15) is 9.59 Å². The van der Waals surface area contributed by atoms with Gasteiger partial charge >= 0.3 is 0 Å². The number of amides is 2. The third kappa shape index (κ3) is 3.23. The van der Waals surface area contributed by atoms with Crippen molar-refractivity contribution in [2.24, 2.45) is 4.99 Å². The first-order valence-electron chi connectivity index (χ1n) is 8.99. The maximum atomic E-state index is 12.7. The minimum Gasteiger partial charge on any atom is -0.347 e. The molecular weight excluding hydrogens is 348 g/mol. The smallest absolute Gasteiger partial charge is 0.260 e. The Hall–Kier alpha value is -2.28. The van der Waals surface area contributed by atoms with E-state index in [1.54, 1.807) is 0 Å². The summed E-state index contributed by atoms with van der Waals surface area (Å²) in [5, 5.41) is 4.05. The molecule has 136 valence electrons. The summed E-state index contributed by atoms with van der Waals surface area (Å²) in [7, 11) is 0. The number of hydrogen-bond acceptors (Lipinski definition) is 5. The van der Waals surface area contributed by atoms with Crippen molar-refractivity contribution >= 4 is 28.7 Å². The summed E-state index contributed by atoms with van der Waals surface area (Å²) < 4.78 is 0. The van der Waals surface area contributed by atoms with Gasteiger partial charge in [-0.2, -0.15) is 0 Å². The van der Waals surface area contributed by atoms with Crippen molar-refractivity contribution in [2.75, 3.05) is 26.2 Å². The number of carbonyl (C=O) groups is 2. The van der Waals surface area contributed by atoms with E-state index in [0.717, 1.165) is 48.2 Å². The molecule has 6 nitrogen and oxygen atoms in total. The average molecular weight is 370 g/mol. The third-order valence-electron chi connectivity index (χ3n) is 5.00. The van der Waals surface area contributed by atoms with Crippen molar-refractivity contribution in [3.05, 3.63) is 46.5 Å². The lowest BCUT2D eigenvalue weighted by Gasteiger charge is -2.33. The van der Waals surface area contributed by atoms with E-state index in [2.05, 4.69) is 15.2 Å². The van der Waals surface area contributed by atoms with Crippen LogP contribution in [-0.4, -0.2) is 59.0 Å². The number of likely N-dealkylation sites (tertiary alicyclic amines) is 1. The van der Waals surface area contributed by atoms with Crippen LogP contribution in [0.5, 0.6) is 0 Å². The standard InChI is InChI=1S/C19H22N4O2S/c1-13-16(26-19-20-9-11-23(13)19)17(24)21-15-8-5-10-22(12-15)18(25)14-6-3-2-4-7-14/h2-4,6-7,15H,5,8-12H2,1H3,(H,21,24)/t15-/m1/s1. The Kier molecular flexibility index (Phi) is 4.72. The molecule has 7 heteroatoms. The number of fused-ring (bicyclic) bond motifs is 1. The Morgan fingerprint density at radius 3 is 2.81 bits per heavy atom. The Morgan fingerprint density at radius 1 is 1.23 bits per heavy atom. The lowest BCUT2D eigenvalue weighted by molar-refractivity contribution is -0.117. The van der Waals surface area contributed by atoms with Gasteiger partial charge in [0.25, 0.3) is 11.8 Å². The zero-order chi connectivity index (χ0) is 18.1. The number of hydrogen-bond donors (Lipinski definition) is 1. The van der Waals surface area contributed by atoms with E-state index >= 15 is 0 Å². The third-order valence-corrected chi connectivity index (χ3v) is 6.22. The molecule has 4 rings (SSSR count). The van der Waals surface area contributed by atoms with E-state index < -0.39 is 0 Å². The number of allylic oxidation sites excluding steroid dienone is 1. The van der Waals surface area contributed by atoms with Crippen LogP contribution in [-0.2, 0) is 4.79 Å². The highest BCUT2D eigenvalue weighted by atomic mass is 32.2. The first kappa shape index (κ1) is 17.1. The SMILES string of the molecule is CC1=C(C(=O)N[C@@H]2CCCN(C(=O)c3ccccc3)C2)SC2=NCCN21. The second kappa shape index (κ2) is 7.15. The summed E-state index contributed by atoms with van der Waals surface area (Å²) >= 11 is 1.45. The quantitative estimate of drug-likeness (QED) is 0.885. The van der Waals surface area contributed by atoms with Gasteiger partial charge in [0.2, 0.25) is 0 Å². The van der Waals surface area contributed by atoms with E-state index in [1.807, 2.05) is 42.2 Å². The van der Waals surface area contributed by atoms with Crippen LogP contribution < -0.4 is 5.32 Å².